The van der Waals surface area contributed by atoms with E-state index in [1.165, 1.54) is 0 Å². The van der Waals surface area contributed by atoms with Crippen molar-refractivity contribution in [2.45, 2.75) is 19.8 Å². The van der Waals surface area contributed by atoms with E-state index in [1.807, 2.05) is 4.90 Å². The van der Waals surface area contributed by atoms with Crippen LogP contribution in [0.2, 0.25) is 0 Å². The first-order valence-electron chi connectivity index (χ1n) is 5.07. The van der Waals surface area contributed by atoms with Crippen LogP contribution in [-0.4, -0.2) is 35.8 Å². The quantitative estimate of drug-likeness (QED) is 0.690. The van der Waals surface area contributed by atoms with Crippen molar-refractivity contribution in [3.8, 4) is 0 Å². The molecule has 0 aromatic carbocycles. The van der Waals surface area contributed by atoms with Gasteiger partial charge in [-0.1, -0.05) is 0 Å². The number of ether oxygens (including phenoxy) is 1. The Labute approximate surface area is 87.2 Å². The van der Waals surface area contributed by atoms with Crippen LogP contribution in [0, 0.1) is 0 Å². The van der Waals surface area contributed by atoms with Gasteiger partial charge in [-0.05, 0) is 24.9 Å². The minimum Gasteiger partial charge on any atom is -0.459 e. The predicted octanol–water partition coefficient (Wildman–Crippen LogP) is 0.847. The summed E-state index contributed by atoms with van der Waals surface area (Å²) in [6, 6.07) is 0. The smallest absolute Gasteiger partial charge is 0.397 e. The molecule has 1 aromatic rings. The number of carbonyl (C=O) groups is 1. The average Bonchev–Trinajstić information content (AvgIpc) is 2.89. The van der Waals surface area contributed by atoms with Crippen LogP contribution in [0.15, 0.2) is 4.52 Å². The summed E-state index contributed by atoms with van der Waals surface area (Å²) in [4.78, 5) is 17.2. The highest BCUT2D eigenvalue weighted by Gasteiger charge is 2.21. The van der Waals surface area contributed by atoms with Crippen molar-refractivity contribution in [1.29, 1.82) is 0 Å². The van der Waals surface area contributed by atoms with Crippen LogP contribution < -0.4 is 4.90 Å². The molecule has 6 heteroatoms. The maximum atomic E-state index is 11.2. The van der Waals surface area contributed by atoms with Crippen LogP contribution in [0.1, 0.15) is 30.5 Å². The van der Waals surface area contributed by atoms with Crippen molar-refractivity contribution in [2.24, 2.45) is 0 Å². The molecule has 0 N–H and O–H groups in total. The molecule has 0 bridgehead atoms. The van der Waals surface area contributed by atoms with Crippen molar-refractivity contribution >= 4 is 11.9 Å². The van der Waals surface area contributed by atoms with Gasteiger partial charge < -0.3 is 14.2 Å². The topological polar surface area (TPSA) is 68.5 Å². The summed E-state index contributed by atoms with van der Waals surface area (Å²) in [5.74, 6) is -0.148. The van der Waals surface area contributed by atoms with E-state index in [2.05, 4.69) is 10.1 Å². The molecule has 82 valence electrons. The van der Waals surface area contributed by atoms with Gasteiger partial charge in [0.25, 0.3) is 5.95 Å². The molecule has 1 aromatic heterocycles. The molecule has 2 heterocycles. The Morgan fingerprint density at radius 3 is 2.93 bits per heavy atom. The zero-order valence-electron chi connectivity index (χ0n) is 8.60. The Morgan fingerprint density at radius 1 is 1.53 bits per heavy atom. The van der Waals surface area contributed by atoms with E-state index in [-0.39, 0.29) is 5.89 Å². The summed E-state index contributed by atoms with van der Waals surface area (Å²) in [5.41, 5.74) is 0. The molecule has 0 radical (unpaired) electrons. The fourth-order valence-electron chi connectivity index (χ4n) is 1.54. The van der Waals surface area contributed by atoms with Crippen LogP contribution >= 0.6 is 0 Å². The number of hydrogen-bond donors (Lipinski definition) is 0. The van der Waals surface area contributed by atoms with E-state index in [9.17, 15) is 4.79 Å². The minimum atomic E-state index is -0.560. The maximum Gasteiger partial charge on any atom is 0.397 e. The largest absolute Gasteiger partial charge is 0.459 e. The van der Waals surface area contributed by atoms with E-state index in [4.69, 9.17) is 9.26 Å². The summed E-state index contributed by atoms with van der Waals surface area (Å²) < 4.78 is 9.56. The van der Waals surface area contributed by atoms with Crippen LogP contribution in [0.25, 0.3) is 0 Å². The molecule has 1 aliphatic heterocycles. The number of aromatic nitrogens is 2. The fourth-order valence-corrected chi connectivity index (χ4v) is 1.54. The Bertz CT molecular complexity index is 344. The van der Waals surface area contributed by atoms with Gasteiger partial charge in [-0.25, -0.2) is 4.79 Å². The second-order valence-electron chi connectivity index (χ2n) is 3.31. The first-order chi connectivity index (χ1) is 7.31. The molecule has 0 atom stereocenters. The third-order valence-electron chi connectivity index (χ3n) is 2.25. The van der Waals surface area contributed by atoms with Gasteiger partial charge in [-0.15, -0.1) is 0 Å². The van der Waals surface area contributed by atoms with Gasteiger partial charge in [0.1, 0.15) is 0 Å². The van der Waals surface area contributed by atoms with Crippen LogP contribution in [0.5, 0.6) is 0 Å². The van der Waals surface area contributed by atoms with Crippen LogP contribution in [0.4, 0.5) is 5.95 Å². The first kappa shape index (κ1) is 9.95. The standard InChI is InChI=1S/C9H13N3O3/c1-2-14-8(13)7-10-9(11-15-7)12-5-3-4-6-12/h2-6H2,1H3. The number of nitrogens with zero attached hydrogens (tertiary/aromatic N) is 3. The van der Waals surface area contributed by atoms with Gasteiger partial charge in [0, 0.05) is 13.1 Å². The molecule has 0 unspecified atom stereocenters. The predicted molar refractivity (Wildman–Crippen MR) is 51.7 cm³/mol. The minimum absolute atomic E-state index is 0.0706. The molecular weight excluding hydrogens is 198 g/mol. The lowest BCUT2D eigenvalue weighted by Crippen LogP contribution is -2.19. The van der Waals surface area contributed by atoms with E-state index in [0.29, 0.717) is 12.6 Å². The Hall–Kier alpha value is -1.59. The average molecular weight is 211 g/mol. The highest BCUT2D eigenvalue weighted by molar-refractivity contribution is 5.84. The van der Waals surface area contributed by atoms with Crippen molar-refractivity contribution in [3.05, 3.63) is 5.89 Å². The van der Waals surface area contributed by atoms with Crippen LogP contribution in [-0.2, 0) is 4.74 Å². The summed E-state index contributed by atoms with van der Waals surface area (Å²) in [6.07, 6.45) is 2.26. The van der Waals surface area contributed by atoms with E-state index in [1.54, 1.807) is 6.92 Å². The number of carbonyl (C=O) groups excluding carboxylic acids is 1. The zero-order chi connectivity index (χ0) is 10.7. The monoisotopic (exact) mass is 211 g/mol. The van der Waals surface area contributed by atoms with Gasteiger partial charge >= 0.3 is 11.9 Å². The molecule has 0 aliphatic carbocycles. The molecule has 2 rings (SSSR count). The second-order valence-corrected chi connectivity index (χ2v) is 3.31. The lowest BCUT2D eigenvalue weighted by molar-refractivity contribution is 0.0470. The van der Waals surface area contributed by atoms with Gasteiger partial charge in [0.2, 0.25) is 0 Å². The van der Waals surface area contributed by atoms with Crippen LogP contribution in [0.3, 0.4) is 0 Å². The summed E-state index contributed by atoms with van der Waals surface area (Å²) in [6.45, 7) is 3.87. The lowest BCUT2D eigenvalue weighted by atomic mass is 10.4. The van der Waals surface area contributed by atoms with Gasteiger partial charge in [0.05, 0.1) is 6.61 Å². The number of anilines is 1. The Kier molecular flexibility index (Phi) is 2.84. The number of hydrogen-bond acceptors (Lipinski definition) is 6. The lowest BCUT2D eigenvalue weighted by Gasteiger charge is -2.09. The van der Waals surface area contributed by atoms with Gasteiger partial charge in [0.15, 0.2) is 0 Å². The molecule has 0 amide bonds. The molecule has 1 fully saturated rings. The molecular formula is C9H13N3O3. The van der Waals surface area contributed by atoms with Crippen molar-refractivity contribution < 1.29 is 14.1 Å². The van der Waals surface area contributed by atoms with Crippen molar-refractivity contribution in [3.63, 3.8) is 0 Å². The van der Waals surface area contributed by atoms with E-state index >= 15 is 0 Å². The molecule has 15 heavy (non-hydrogen) atoms. The zero-order valence-corrected chi connectivity index (χ0v) is 8.60. The number of rotatable bonds is 3. The third kappa shape index (κ3) is 2.08. The highest BCUT2D eigenvalue weighted by atomic mass is 16.6. The Balaban J connectivity index is 2.06. The third-order valence-corrected chi connectivity index (χ3v) is 2.25. The second kappa shape index (κ2) is 4.29. The SMILES string of the molecule is CCOC(=O)c1nc(N2CCCC2)no1. The summed E-state index contributed by atoms with van der Waals surface area (Å²) in [5, 5.41) is 3.74. The first-order valence-corrected chi connectivity index (χ1v) is 5.07. The van der Waals surface area contributed by atoms with E-state index < -0.39 is 5.97 Å². The molecule has 1 saturated heterocycles. The highest BCUT2D eigenvalue weighted by Crippen LogP contribution is 2.16. The number of esters is 1. The molecule has 0 saturated carbocycles. The van der Waals surface area contributed by atoms with Gasteiger partial charge in [-0.2, -0.15) is 4.98 Å². The van der Waals surface area contributed by atoms with Gasteiger partial charge in [-0.3, -0.25) is 0 Å². The van der Waals surface area contributed by atoms with Crippen molar-refractivity contribution in [2.75, 3.05) is 24.6 Å². The fraction of sp³-hybridized carbons (Fsp3) is 0.667. The Morgan fingerprint density at radius 2 is 2.27 bits per heavy atom. The summed E-state index contributed by atoms with van der Waals surface area (Å²) >= 11 is 0. The molecule has 1 aliphatic rings. The summed E-state index contributed by atoms with van der Waals surface area (Å²) in [7, 11) is 0. The van der Waals surface area contributed by atoms with Crippen molar-refractivity contribution in [1.82, 2.24) is 10.1 Å². The van der Waals surface area contributed by atoms with E-state index in [0.717, 1.165) is 25.9 Å². The molecule has 6 nitrogen and oxygen atoms in total. The normalized spacial score (nSPS) is 15.7. The maximum absolute atomic E-state index is 11.2. The molecule has 0 spiro atoms.